The Morgan fingerprint density at radius 3 is 3.00 bits per heavy atom. The Balaban J connectivity index is 2.09. The maximum Gasteiger partial charge on any atom is 0.201 e. The average Bonchev–Trinajstić information content (AvgIpc) is 2.55. The summed E-state index contributed by atoms with van der Waals surface area (Å²) in [7, 11) is 0. The lowest BCUT2D eigenvalue weighted by atomic mass is 10.1. The maximum absolute atomic E-state index is 10.3. The molecule has 0 radical (unpaired) electrons. The quantitative estimate of drug-likeness (QED) is 0.753. The Morgan fingerprint density at radius 1 is 1.28 bits per heavy atom. The van der Waals surface area contributed by atoms with E-state index >= 15 is 0 Å². The van der Waals surface area contributed by atoms with Gasteiger partial charge >= 0.3 is 0 Å². The fraction of sp³-hybridized carbons (Fsp3) is 0.538. The Morgan fingerprint density at radius 2 is 2.11 bits per heavy atom. The molecule has 1 fully saturated rings. The van der Waals surface area contributed by atoms with Gasteiger partial charge in [-0.1, -0.05) is 19.3 Å². The van der Waals surface area contributed by atoms with Gasteiger partial charge in [-0.15, -0.1) is 0 Å². The third kappa shape index (κ3) is 1.84. The van der Waals surface area contributed by atoms with Crippen LogP contribution in [0.4, 0.5) is 5.95 Å². The summed E-state index contributed by atoms with van der Waals surface area (Å²) in [6.45, 7) is 0. The van der Waals surface area contributed by atoms with E-state index in [4.69, 9.17) is 5.73 Å². The number of rotatable bonds is 1. The fourth-order valence-electron chi connectivity index (χ4n) is 2.89. The van der Waals surface area contributed by atoms with Crippen LogP contribution in [0.3, 0.4) is 0 Å². The molecule has 2 heterocycles. The number of hydrogen-bond acceptors (Lipinski definition) is 4. The van der Waals surface area contributed by atoms with Crippen molar-refractivity contribution in [2.24, 2.45) is 0 Å². The van der Waals surface area contributed by atoms with E-state index in [2.05, 4.69) is 9.97 Å². The van der Waals surface area contributed by atoms with E-state index < -0.39 is 0 Å². The van der Waals surface area contributed by atoms with Crippen molar-refractivity contribution in [2.45, 2.75) is 44.2 Å². The molecule has 0 aromatic carbocycles. The first-order chi connectivity index (χ1) is 8.77. The maximum atomic E-state index is 10.3. The second kappa shape index (κ2) is 4.57. The molecular formula is C13H18N4O. The molecule has 3 rings (SSSR count). The zero-order valence-electron chi connectivity index (χ0n) is 10.3. The highest BCUT2D eigenvalue weighted by Gasteiger charge is 2.26. The van der Waals surface area contributed by atoms with E-state index in [-0.39, 0.29) is 12.1 Å². The zero-order chi connectivity index (χ0) is 12.5. The van der Waals surface area contributed by atoms with E-state index in [1.165, 1.54) is 6.42 Å². The van der Waals surface area contributed by atoms with Crippen LogP contribution >= 0.6 is 0 Å². The number of nitrogen functional groups attached to an aromatic ring is 1. The molecule has 3 N–H and O–H groups in total. The van der Waals surface area contributed by atoms with Crippen molar-refractivity contribution in [2.75, 3.05) is 5.73 Å². The van der Waals surface area contributed by atoms with E-state index in [9.17, 15) is 5.11 Å². The molecule has 1 aliphatic rings. The van der Waals surface area contributed by atoms with Crippen molar-refractivity contribution in [3.05, 3.63) is 18.5 Å². The molecule has 2 aromatic rings. The van der Waals surface area contributed by atoms with Gasteiger partial charge in [0, 0.05) is 6.20 Å². The highest BCUT2D eigenvalue weighted by atomic mass is 16.3. The molecule has 0 spiro atoms. The van der Waals surface area contributed by atoms with Crippen LogP contribution < -0.4 is 5.73 Å². The normalized spacial score (nSPS) is 25.2. The van der Waals surface area contributed by atoms with Gasteiger partial charge in [0.2, 0.25) is 5.95 Å². The van der Waals surface area contributed by atoms with Crippen LogP contribution in [0.1, 0.15) is 38.1 Å². The summed E-state index contributed by atoms with van der Waals surface area (Å²) in [4.78, 5) is 8.38. The van der Waals surface area contributed by atoms with Gasteiger partial charge in [0.15, 0.2) is 0 Å². The van der Waals surface area contributed by atoms with Gasteiger partial charge in [0.05, 0.1) is 23.9 Å². The number of aromatic nitrogens is 3. The van der Waals surface area contributed by atoms with Crippen molar-refractivity contribution in [1.29, 1.82) is 0 Å². The molecule has 1 saturated carbocycles. The Labute approximate surface area is 106 Å². The average molecular weight is 246 g/mol. The fourth-order valence-corrected chi connectivity index (χ4v) is 2.89. The Bertz CT molecular complexity index is 551. The van der Waals surface area contributed by atoms with Gasteiger partial charge in [-0.3, -0.25) is 4.98 Å². The number of nitrogens with two attached hydrogens (primary N) is 1. The second-order valence-corrected chi connectivity index (χ2v) is 4.98. The number of imidazole rings is 1. The third-order valence-electron chi connectivity index (χ3n) is 3.79. The molecule has 2 atom stereocenters. The largest absolute Gasteiger partial charge is 0.391 e. The predicted octanol–water partition coefficient (Wildman–Crippen LogP) is 1.88. The SMILES string of the molecule is Nc1nc2cnccc2n1C1CCCCCC1O. The lowest BCUT2D eigenvalue weighted by Gasteiger charge is -2.23. The molecular weight excluding hydrogens is 228 g/mol. The monoisotopic (exact) mass is 246 g/mol. The van der Waals surface area contributed by atoms with Gasteiger partial charge in [0.1, 0.15) is 5.52 Å². The smallest absolute Gasteiger partial charge is 0.201 e. The van der Waals surface area contributed by atoms with E-state index in [1.54, 1.807) is 12.4 Å². The van der Waals surface area contributed by atoms with Crippen LogP contribution in [0.15, 0.2) is 18.5 Å². The number of aliphatic hydroxyl groups excluding tert-OH is 1. The minimum Gasteiger partial charge on any atom is -0.391 e. The Kier molecular flexibility index (Phi) is 2.91. The van der Waals surface area contributed by atoms with Crippen LogP contribution in [0, 0.1) is 0 Å². The topological polar surface area (TPSA) is 77.0 Å². The first kappa shape index (κ1) is 11.5. The molecule has 1 aliphatic carbocycles. The summed E-state index contributed by atoms with van der Waals surface area (Å²) in [5, 5.41) is 10.3. The van der Waals surface area contributed by atoms with Crippen molar-refractivity contribution < 1.29 is 5.11 Å². The third-order valence-corrected chi connectivity index (χ3v) is 3.79. The number of anilines is 1. The summed E-state index contributed by atoms with van der Waals surface area (Å²) >= 11 is 0. The summed E-state index contributed by atoms with van der Waals surface area (Å²) in [6, 6.07) is 1.95. The first-order valence-corrected chi connectivity index (χ1v) is 6.53. The molecule has 18 heavy (non-hydrogen) atoms. The predicted molar refractivity (Wildman–Crippen MR) is 70.1 cm³/mol. The lowest BCUT2D eigenvalue weighted by Crippen LogP contribution is -2.24. The first-order valence-electron chi connectivity index (χ1n) is 6.53. The van der Waals surface area contributed by atoms with Gasteiger partial charge in [-0.05, 0) is 18.9 Å². The summed E-state index contributed by atoms with van der Waals surface area (Å²) < 4.78 is 1.98. The molecule has 0 amide bonds. The molecule has 5 nitrogen and oxygen atoms in total. The number of fused-ring (bicyclic) bond motifs is 1. The molecule has 0 aliphatic heterocycles. The summed E-state index contributed by atoms with van der Waals surface area (Å²) in [5.41, 5.74) is 7.77. The van der Waals surface area contributed by atoms with Gasteiger partial charge in [-0.2, -0.15) is 0 Å². The van der Waals surface area contributed by atoms with Crippen LogP contribution in [-0.4, -0.2) is 25.7 Å². The lowest BCUT2D eigenvalue weighted by molar-refractivity contribution is 0.108. The molecule has 5 heteroatoms. The summed E-state index contributed by atoms with van der Waals surface area (Å²) in [6.07, 6.45) is 8.32. The number of nitrogens with zero attached hydrogens (tertiary/aromatic N) is 3. The molecule has 2 unspecified atom stereocenters. The summed E-state index contributed by atoms with van der Waals surface area (Å²) in [5.74, 6) is 0.476. The van der Waals surface area contributed by atoms with Crippen molar-refractivity contribution >= 4 is 17.0 Å². The van der Waals surface area contributed by atoms with Crippen LogP contribution in [0.25, 0.3) is 11.0 Å². The van der Waals surface area contributed by atoms with E-state index in [0.29, 0.717) is 5.95 Å². The molecule has 0 bridgehead atoms. The van der Waals surface area contributed by atoms with Gasteiger partial charge in [0.25, 0.3) is 0 Å². The molecule has 2 aromatic heterocycles. The zero-order valence-corrected chi connectivity index (χ0v) is 10.3. The minimum absolute atomic E-state index is 0.0416. The van der Waals surface area contributed by atoms with Gasteiger partial charge < -0.3 is 15.4 Å². The Hall–Kier alpha value is -1.62. The highest BCUT2D eigenvalue weighted by molar-refractivity contribution is 5.77. The number of aliphatic hydroxyl groups is 1. The van der Waals surface area contributed by atoms with Crippen LogP contribution in [0.5, 0.6) is 0 Å². The van der Waals surface area contributed by atoms with E-state index in [0.717, 1.165) is 36.7 Å². The van der Waals surface area contributed by atoms with Crippen molar-refractivity contribution in [3.63, 3.8) is 0 Å². The van der Waals surface area contributed by atoms with Crippen molar-refractivity contribution in [1.82, 2.24) is 14.5 Å². The second-order valence-electron chi connectivity index (χ2n) is 4.98. The highest BCUT2D eigenvalue weighted by Crippen LogP contribution is 2.32. The van der Waals surface area contributed by atoms with E-state index in [1.807, 2.05) is 10.6 Å². The molecule has 0 saturated heterocycles. The van der Waals surface area contributed by atoms with Crippen LogP contribution in [-0.2, 0) is 0 Å². The molecule has 96 valence electrons. The van der Waals surface area contributed by atoms with Gasteiger partial charge in [-0.25, -0.2) is 4.98 Å². The standard InChI is InChI=1S/C13H18N4O/c14-13-16-9-8-15-7-6-10(9)17(13)11-4-2-1-3-5-12(11)18/h6-8,11-12,18H,1-5H2,(H2,14,16). The van der Waals surface area contributed by atoms with Crippen LogP contribution in [0.2, 0.25) is 0 Å². The van der Waals surface area contributed by atoms with Crippen molar-refractivity contribution in [3.8, 4) is 0 Å². The number of hydrogen-bond donors (Lipinski definition) is 2. The minimum atomic E-state index is -0.333. The number of pyridine rings is 1.